The average Bonchev–Trinajstić information content (AvgIpc) is 3.11. The fourth-order valence-corrected chi connectivity index (χ4v) is 3.34. The van der Waals surface area contributed by atoms with E-state index in [9.17, 15) is 9.18 Å². The lowest BCUT2D eigenvalue weighted by atomic mass is 10.0. The molecule has 1 atom stereocenters. The van der Waals surface area contributed by atoms with Crippen molar-refractivity contribution in [3.05, 3.63) is 59.5 Å². The van der Waals surface area contributed by atoms with E-state index in [0.29, 0.717) is 12.8 Å². The Morgan fingerprint density at radius 1 is 1.28 bits per heavy atom. The van der Waals surface area contributed by atoms with E-state index in [1.54, 1.807) is 12.1 Å². The van der Waals surface area contributed by atoms with Crippen molar-refractivity contribution in [2.75, 3.05) is 25.5 Å². The molecule has 0 spiro atoms. The van der Waals surface area contributed by atoms with Crippen LogP contribution in [-0.2, 0) is 11.2 Å². The number of hydrogen-bond acceptors (Lipinski definition) is 3. The normalized spacial score (nSPS) is 16.9. The van der Waals surface area contributed by atoms with Gasteiger partial charge in [0, 0.05) is 33.3 Å². The van der Waals surface area contributed by atoms with Crippen molar-refractivity contribution in [2.45, 2.75) is 31.7 Å². The second-order valence-electron chi connectivity index (χ2n) is 6.71. The molecule has 0 N–H and O–H groups in total. The predicted octanol–water partition coefficient (Wildman–Crippen LogP) is 3.58. The monoisotopic (exact) mass is 341 g/mol. The number of likely N-dealkylation sites (tertiary alicyclic amines) is 1. The lowest BCUT2D eigenvalue weighted by Crippen LogP contribution is -2.30. The number of aryl methyl sites for hydroxylation is 1. The molecule has 25 heavy (non-hydrogen) atoms. The third-order valence-electron chi connectivity index (χ3n) is 4.73. The van der Waals surface area contributed by atoms with Gasteiger partial charge in [0.05, 0.1) is 6.04 Å². The zero-order valence-electron chi connectivity index (χ0n) is 14.8. The van der Waals surface area contributed by atoms with Gasteiger partial charge in [-0.1, -0.05) is 12.1 Å². The number of carbonyl (C=O) groups is 1. The molecule has 0 bridgehead atoms. The Bertz CT molecular complexity index is 730. The molecule has 2 heterocycles. The lowest BCUT2D eigenvalue weighted by molar-refractivity contribution is -0.132. The SMILES string of the molecule is CN(C)c1cc(C2CCCN2C(=O)CCc2ccc(F)cc2)ccn1. The van der Waals surface area contributed by atoms with Crippen LogP contribution in [0.4, 0.5) is 10.2 Å². The number of hydrogen-bond donors (Lipinski definition) is 0. The number of aromatic nitrogens is 1. The summed E-state index contributed by atoms with van der Waals surface area (Å²) in [4.78, 5) is 21.0. The number of carbonyl (C=O) groups excluding carboxylic acids is 1. The molecule has 1 aliphatic heterocycles. The standard InChI is InChI=1S/C20H24FN3O/c1-23(2)19-14-16(11-12-22-19)18-4-3-13-24(18)20(25)10-7-15-5-8-17(21)9-6-15/h5-6,8-9,11-12,14,18H,3-4,7,10,13H2,1-2H3. The Balaban J connectivity index is 1.67. The smallest absolute Gasteiger partial charge is 0.223 e. The van der Waals surface area contributed by atoms with Gasteiger partial charge in [-0.2, -0.15) is 0 Å². The molecule has 1 aromatic heterocycles. The number of anilines is 1. The zero-order chi connectivity index (χ0) is 17.8. The van der Waals surface area contributed by atoms with Crippen LogP contribution in [0.5, 0.6) is 0 Å². The largest absolute Gasteiger partial charge is 0.363 e. The summed E-state index contributed by atoms with van der Waals surface area (Å²) in [5.41, 5.74) is 2.13. The minimum atomic E-state index is -0.246. The molecule has 0 aliphatic carbocycles. The number of nitrogens with zero attached hydrogens (tertiary/aromatic N) is 3. The molecule has 5 heteroatoms. The third kappa shape index (κ3) is 4.16. The first-order valence-corrected chi connectivity index (χ1v) is 8.72. The average molecular weight is 341 g/mol. The number of benzene rings is 1. The Morgan fingerprint density at radius 3 is 2.76 bits per heavy atom. The summed E-state index contributed by atoms with van der Waals surface area (Å²) in [7, 11) is 3.93. The summed E-state index contributed by atoms with van der Waals surface area (Å²) in [5.74, 6) is 0.821. The summed E-state index contributed by atoms with van der Waals surface area (Å²) in [5, 5.41) is 0. The van der Waals surface area contributed by atoms with Crippen molar-refractivity contribution in [3.63, 3.8) is 0 Å². The van der Waals surface area contributed by atoms with Gasteiger partial charge in [-0.3, -0.25) is 4.79 Å². The van der Waals surface area contributed by atoms with E-state index in [0.717, 1.165) is 36.3 Å². The lowest BCUT2D eigenvalue weighted by Gasteiger charge is -2.26. The minimum absolute atomic E-state index is 0.127. The van der Waals surface area contributed by atoms with Crippen LogP contribution in [-0.4, -0.2) is 36.4 Å². The summed E-state index contributed by atoms with van der Waals surface area (Å²) in [6, 6.07) is 10.6. The van der Waals surface area contributed by atoms with E-state index in [2.05, 4.69) is 11.1 Å². The highest BCUT2D eigenvalue weighted by Crippen LogP contribution is 2.33. The Kier molecular flexibility index (Phi) is 5.31. The summed E-state index contributed by atoms with van der Waals surface area (Å²) < 4.78 is 13.0. The second-order valence-corrected chi connectivity index (χ2v) is 6.71. The van der Waals surface area contributed by atoms with Gasteiger partial charge in [-0.15, -0.1) is 0 Å². The molecular weight excluding hydrogens is 317 g/mol. The van der Waals surface area contributed by atoms with Gasteiger partial charge in [-0.25, -0.2) is 9.37 Å². The van der Waals surface area contributed by atoms with Crippen LogP contribution in [0.2, 0.25) is 0 Å². The van der Waals surface area contributed by atoms with Crippen LogP contribution in [0.3, 0.4) is 0 Å². The quantitative estimate of drug-likeness (QED) is 0.834. The highest BCUT2D eigenvalue weighted by Gasteiger charge is 2.29. The first-order valence-electron chi connectivity index (χ1n) is 8.72. The molecule has 2 aromatic rings. The van der Waals surface area contributed by atoms with Crippen molar-refractivity contribution in [1.82, 2.24) is 9.88 Å². The van der Waals surface area contributed by atoms with Crippen LogP contribution < -0.4 is 4.90 Å². The molecule has 1 fully saturated rings. The van der Waals surface area contributed by atoms with Gasteiger partial charge in [0.25, 0.3) is 0 Å². The Labute approximate surface area is 148 Å². The van der Waals surface area contributed by atoms with E-state index in [1.807, 2.05) is 36.2 Å². The fraction of sp³-hybridized carbons (Fsp3) is 0.400. The van der Waals surface area contributed by atoms with Crippen molar-refractivity contribution in [2.24, 2.45) is 0 Å². The minimum Gasteiger partial charge on any atom is -0.363 e. The maximum absolute atomic E-state index is 13.0. The number of rotatable bonds is 5. The van der Waals surface area contributed by atoms with Crippen LogP contribution in [0.15, 0.2) is 42.6 Å². The third-order valence-corrected chi connectivity index (χ3v) is 4.73. The van der Waals surface area contributed by atoms with E-state index in [1.165, 1.54) is 12.1 Å². The summed E-state index contributed by atoms with van der Waals surface area (Å²) in [6.45, 7) is 0.798. The summed E-state index contributed by atoms with van der Waals surface area (Å²) in [6.07, 6.45) is 4.91. The highest BCUT2D eigenvalue weighted by molar-refractivity contribution is 5.77. The number of amides is 1. The zero-order valence-corrected chi connectivity index (χ0v) is 14.8. The van der Waals surface area contributed by atoms with Crippen LogP contribution in [0, 0.1) is 5.82 Å². The van der Waals surface area contributed by atoms with Crippen molar-refractivity contribution in [1.29, 1.82) is 0 Å². The van der Waals surface area contributed by atoms with Crippen molar-refractivity contribution in [3.8, 4) is 0 Å². The van der Waals surface area contributed by atoms with Gasteiger partial charge < -0.3 is 9.80 Å². The van der Waals surface area contributed by atoms with Gasteiger partial charge in [0.1, 0.15) is 11.6 Å². The maximum Gasteiger partial charge on any atom is 0.223 e. The predicted molar refractivity (Wildman–Crippen MR) is 97.0 cm³/mol. The summed E-state index contributed by atoms with van der Waals surface area (Å²) >= 11 is 0. The molecule has 1 amide bonds. The van der Waals surface area contributed by atoms with E-state index in [-0.39, 0.29) is 17.8 Å². The van der Waals surface area contributed by atoms with Gasteiger partial charge in [-0.05, 0) is 54.7 Å². The molecule has 3 rings (SSSR count). The van der Waals surface area contributed by atoms with Crippen molar-refractivity contribution < 1.29 is 9.18 Å². The Morgan fingerprint density at radius 2 is 2.04 bits per heavy atom. The molecule has 1 aliphatic rings. The maximum atomic E-state index is 13.0. The first-order chi connectivity index (χ1) is 12.0. The highest BCUT2D eigenvalue weighted by atomic mass is 19.1. The van der Waals surface area contributed by atoms with Gasteiger partial charge in [0.15, 0.2) is 0 Å². The molecule has 1 unspecified atom stereocenters. The molecular formula is C20H24FN3O. The number of halogens is 1. The molecule has 132 valence electrons. The molecule has 0 radical (unpaired) electrons. The van der Waals surface area contributed by atoms with Crippen LogP contribution in [0.1, 0.15) is 36.4 Å². The molecule has 4 nitrogen and oxygen atoms in total. The second kappa shape index (κ2) is 7.64. The number of pyridine rings is 1. The van der Waals surface area contributed by atoms with Crippen LogP contribution in [0.25, 0.3) is 0 Å². The Hall–Kier alpha value is -2.43. The topological polar surface area (TPSA) is 36.4 Å². The first kappa shape index (κ1) is 17.4. The molecule has 1 aromatic carbocycles. The molecule has 0 saturated carbocycles. The van der Waals surface area contributed by atoms with Crippen LogP contribution >= 0.6 is 0 Å². The van der Waals surface area contributed by atoms with Gasteiger partial charge in [0.2, 0.25) is 5.91 Å². The van der Waals surface area contributed by atoms with E-state index in [4.69, 9.17) is 0 Å². The van der Waals surface area contributed by atoms with Gasteiger partial charge >= 0.3 is 0 Å². The van der Waals surface area contributed by atoms with E-state index < -0.39 is 0 Å². The van der Waals surface area contributed by atoms with E-state index >= 15 is 0 Å². The fourth-order valence-electron chi connectivity index (χ4n) is 3.34. The van der Waals surface area contributed by atoms with Crippen molar-refractivity contribution >= 4 is 11.7 Å². The molecule has 1 saturated heterocycles.